The number of anilines is 1. The summed E-state index contributed by atoms with van der Waals surface area (Å²) in [5, 5.41) is 2.96. The van der Waals surface area contributed by atoms with Gasteiger partial charge in [-0.15, -0.1) is 0 Å². The van der Waals surface area contributed by atoms with Crippen LogP contribution in [0.25, 0.3) is 5.65 Å². The molecule has 22 heavy (non-hydrogen) atoms. The van der Waals surface area contributed by atoms with E-state index < -0.39 is 0 Å². The number of aromatic nitrogens is 2. The predicted molar refractivity (Wildman–Crippen MR) is 91.3 cm³/mol. The zero-order chi connectivity index (χ0) is 15.5. The first-order valence-corrected chi connectivity index (χ1v) is 8.02. The third-order valence-electron chi connectivity index (χ3n) is 3.43. The largest absolute Gasteiger partial charge is 0.320 e. The van der Waals surface area contributed by atoms with Gasteiger partial charge >= 0.3 is 0 Å². The molecule has 5 heteroatoms. The molecule has 4 nitrogen and oxygen atoms in total. The van der Waals surface area contributed by atoms with Crippen molar-refractivity contribution >= 4 is 33.2 Å². The molecule has 0 fully saturated rings. The van der Waals surface area contributed by atoms with Crippen molar-refractivity contribution in [2.75, 3.05) is 5.32 Å². The van der Waals surface area contributed by atoms with Crippen molar-refractivity contribution in [2.45, 2.75) is 19.8 Å². The van der Waals surface area contributed by atoms with E-state index in [0.717, 1.165) is 34.3 Å². The molecule has 1 amide bonds. The minimum atomic E-state index is -0.144. The maximum atomic E-state index is 12.7. The van der Waals surface area contributed by atoms with Gasteiger partial charge in [0.25, 0.3) is 5.91 Å². The fourth-order valence-corrected chi connectivity index (χ4v) is 2.82. The summed E-state index contributed by atoms with van der Waals surface area (Å²) in [7, 11) is 0. The Morgan fingerprint density at radius 2 is 2.00 bits per heavy atom. The van der Waals surface area contributed by atoms with Gasteiger partial charge in [-0.2, -0.15) is 0 Å². The van der Waals surface area contributed by atoms with Crippen molar-refractivity contribution in [2.24, 2.45) is 0 Å². The highest BCUT2D eigenvalue weighted by Crippen LogP contribution is 2.23. The quantitative estimate of drug-likeness (QED) is 0.756. The van der Waals surface area contributed by atoms with Crippen LogP contribution in [0.3, 0.4) is 0 Å². The van der Waals surface area contributed by atoms with Crippen LogP contribution in [-0.4, -0.2) is 15.3 Å². The Morgan fingerprint density at radius 1 is 1.23 bits per heavy atom. The monoisotopic (exact) mass is 357 g/mol. The lowest BCUT2D eigenvalue weighted by Crippen LogP contribution is -2.16. The molecule has 0 saturated carbocycles. The number of pyridine rings is 1. The van der Waals surface area contributed by atoms with Crippen LogP contribution in [0.1, 0.15) is 29.5 Å². The second kappa shape index (κ2) is 6.32. The number of nitrogens with zero attached hydrogens (tertiary/aromatic N) is 2. The second-order valence-corrected chi connectivity index (χ2v) is 5.87. The Balaban J connectivity index is 2.03. The van der Waals surface area contributed by atoms with Gasteiger partial charge in [-0.3, -0.25) is 9.20 Å². The average molecular weight is 358 g/mol. The number of hydrogen-bond donors (Lipinski definition) is 1. The molecule has 0 spiro atoms. The number of amides is 1. The van der Waals surface area contributed by atoms with E-state index in [1.807, 2.05) is 53.1 Å². The zero-order valence-corrected chi connectivity index (χ0v) is 13.8. The molecule has 0 unspecified atom stereocenters. The van der Waals surface area contributed by atoms with Gasteiger partial charge in [0.15, 0.2) is 0 Å². The predicted octanol–water partition coefficient (Wildman–Crippen LogP) is 4.30. The number of fused-ring (bicyclic) bond motifs is 1. The van der Waals surface area contributed by atoms with Crippen LogP contribution in [0.5, 0.6) is 0 Å². The van der Waals surface area contributed by atoms with Crippen molar-refractivity contribution in [3.8, 4) is 0 Å². The normalized spacial score (nSPS) is 10.8. The van der Waals surface area contributed by atoms with E-state index in [2.05, 4.69) is 33.2 Å². The summed E-state index contributed by atoms with van der Waals surface area (Å²) in [4.78, 5) is 17.3. The number of para-hydroxylation sites is 1. The van der Waals surface area contributed by atoms with Crippen molar-refractivity contribution in [3.05, 3.63) is 64.5 Å². The molecule has 1 aromatic carbocycles. The first kappa shape index (κ1) is 14.8. The number of nitrogens with one attached hydrogen (secondary N) is 1. The minimum Gasteiger partial charge on any atom is -0.320 e. The molecule has 0 atom stereocenters. The number of rotatable bonds is 4. The van der Waals surface area contributed by atoms with Crippen molar-refractivity contribution < 1.29 is 4.79 Å². The van der Waals surface area contributed by atoms with Gasteiger partial charge in [-0.1, -0.05) is 31.5 Å². The summed E-state index contributed by atoms with van der Waals surface area (Å²) in [6.07, 6.45) is 3.59. The Bertz CT molecular complexity index is 826. The molecule has 0 saturated heterocycles. The van der Waals surface area contributed by atoms with E-state index in [1.54, 1.807) is 0 Å². The molecule has 112 valence electrons. The van der Waals surface area contributed by atoms with E-state index in [0.29, 0.717) is 5.69 Å². The van der Waals surface area contributed by atoms with Gasteiger partial charge < -0.3 is 5.32 Å². The standard InChI is InChI=1S/C17H16BrN3O/c1-2-7-14-16(21-11-6-5-10-15(21)19-14)17(22)20-13-9-4-3-8-12(13)18/h3-6,8-11H,2,7H2,1H3,(H,20,22). The Morgan fingerprint density at radius 3 is 2.77 bits per heavy atom. The van der Waals surface area contributed by atoms with Gasteiger partial charge in [0.1, 0.15) is 11.3 Å². The number of imidazole rings is 1. The van der Waals surface area contributed by atoms with Crippen LogP contribution in [0.2, 0.25) is 0 Å². The topological polar surface area (TPSA) is 46.4 Å². The molecule has 1 N–H and O–H groups in total. The van der Waals surface area contributed by atoms with Gasteiger partial charge in [0, 0.05) is 10.7 Å². The molecule has 2 heterocycles. The van der Waals surface area contributed by atoms with E-state index in [1.165, 1.54) is 0 Å². The zero-order valence-electron chi connectivity index (χ0n) is 12.2. The first-order valence-electron chi connectivity index (χ1n) is 7.22. The van der Waals surface area contributed by atoms with Gasteiger partial charge in [-0.25, -0.2) is 4.98 Å². The summed E-state index contributed by atoms with van der Waals surface area (Å²) in [5.41, 5.74) is 2.98. The number of aryl methyl sites for hydroxylation is 1. The Kier molecular flexibility index (Phi) is 4.24. The SMILES string of the molecule is CCCc1nc2ccccn2c1C(=O)Nc1ccccc1Br. The summed E-state index contributed by atoms with van der Waals surface area (Å²) in [6, 6.07) is 13.3. The maximum absolute atomic E-state index is 12.7. The highest BCUT2D eigenvalue weighted by molar-refractivity contribution is 9.10. The summed E-state index contributed by atoms with van der Waals surface area (Å²) in [6.45, 7) is 2.08. The molecule has 0 aliphatic carbocycles. The molecular weight excluding hydrogens is 342 g/mol. The van der Waals surface area contributed by atoms with E-state index in [9.17, 15) is 4.79 Å². The number of carbonyl (C=O) groups is 1. The fourth-order valence-electron chi connectivity index (χ4n) is 2.44. The maximum Gasteiger partial charge on any atom is 0.274 e. The number of hydrogen-bond acceptors (Lipinski definition) is 2. The van der Waals surface area contributed by atoms with Crippen LogP contribution in [0, 0.1) is 0 Å². The van der Waals surface area contributed by atoms with Gasteiger partial charge in [-0.05, 0) is 46.6 Å². The van der Waals surface area contributed by atoms with Crippen molar-refractivity contribution in [1.29, 1.82) is 0 Å². The molecule has 0 radical (unpaired) electrons. The van der Waals surface area contributed by atoms with Crippen LogP contribution in [-0.2, 0) is 6.42 Å². The molecule has 3 aromatic rings. The Hall–Kier alpha value is -2.14. The number of benzene rings is 1. The Labute approximate surface area is 137 Å². The molecular formula is C17H16BrN3O. The summed E-state index contributed by atoms with van der Waals surface area (Å²) in [5.74, 6) is -0.144. The molecule has 0 aliphatic heterocycles. The first-order chi connectivity index (χ1) is 10.7. The average Bonchev–Trinajstić information content (AvgIpc) is 2.88. The van der Waals surface area contributed by atoms with Crippen LogP contribution >= 0.6 is 15.9 Å². The number of halogens is 1. The molecule has 2 aromatic heterocycles. The lowest BCUT2D eigenvalue weighted by molar-refractivity contribution is 0.102. The fraction of sp³-hybridized carbons (Fsp3) is 0.176. The lowest BCUT2D eigenvalue weighted by Gasteiger charge is -2.08. The highest BCUT2D eigenvalue weighted by atomic mass is 79.9. The lowest BCUT2D eigenvalue weighted by atomic mass is 10.2. The molecule has 0 bridgehead atoms. The molecule has 0 aliphatic rings. The van der Waals surface area contributed by atoms with Crippen LogP contribution in [0.4, 0.5) is 5.69 Å². The highest BCUT2D eigenvalue weighted by Gasteiger charge is 2.19. The van der Waals surface area contributed by atoms with Crippen molar-refractivity contribution in [1.82, 2.24) is 9.38 Å². The number of carbonyl (C=O) groups excluding carboxylic acids is 1. The summed E-state index contributed by atoms with van der Waals surface area (Å²) < 4.78 is 2.70. The minimum absolute atomic E-state index is 0.144. The third-order valence-corrected chi connectivity index (χ3v) is 4.12. The van der Waals surface area contributed by atoms with Crippen LogP contribution in [0.15, 0.2) is 53.1 Å². The molecule has 3 rings (SSSR count). The van der Waals surface area contributed by atoms with E-state index in [4.69, 9.17) is 0 Å². The van der Waals surface area contributed by atoms with Gasteiger partial charge in [0.2, 0.25) is 0 Å². The third kappa shape index (κ3) is 2.76. The van der Waals surface area contributed by atoms with E-state index in [-0.39, 0.29) is 5.91 Å². The summed E-state index contributed by atoms with van der Waals surface area (Å²) >= 11 is 3.45. The smallest absolute Gasteiger partial charge is 0.274 e. The van der Waals surface area contributed by atoms with Gasteiger partial charge in [0.05, 0.1) is 11.4 Å². The van der Waals surface area contributed by atoms with Crippen molar-refractivity contribution in [3.63, 3.8) is 0 Å². The van der Waals surface area contributed by atoms with Crippen LogP contribution < -0.4 is 5.32 Å². The van der Waals surface area contributed by atoms with E-state index >= 15 is 0 Å². The second-order valence-electron chi connectivity index (χ2n) is 5.02.